The van der Waals surface area contributed by atoms with E-state index in [1.165, 1.54) is 4.90 Å². The van der Waals surface area contributed by atoms with E-state index in [0.29, 0.717) is 31.0 Å². The highest BCUT2D eigenvalue weighted by molar-refractivity contribution is 6.30. The fraction of sp³-hybridized carbons (Fsp3) is 0.704. The molecule has 0 aromatic rings. The minimum absolute atomic E-state index is 0.0299. The summed E-state index contributed by atoms with van der Waals surface area (Å²) in [5.41, 5.74) is 0. The standard InChI is InChI=1S/C27H35ClN4O4/c28-19-5-6-20-21(16-19)25(34)31(24(20)33)9-1-7-29-11-13-30(14-12-29)8-2-10-32-26(35)22-17-3-4-18(15-17)23(22)27(32)36/h3-5,17-18,20-23H,1-2,6-16H2. The number of allylic oxidation sites excluding steroid dienone is 4. The maximum atomic E-state index is 12.8. The Hall–Kier alpha value is -2.03. The van der Waals surface area contributed by atoms with Crippen molar-refractivity contribution in [2.24, 2.45) is 35.5 Å². The Morgan fingerprint density at radius 1 is 0.694 bits per heavy atom. The van der Waals surface area contributed by atoms with E-state index in [1.54, 1.807) is 4.90 Å². The molecule has 4 fully saturated rings. The molecule has 36 heavy (non-hydrogen) atoms. The van der Waals surface area contributed by atoms with Crippen molar-refractivity contribution in [3.05, 3.63) is 23.3 Å². The molecule has 3 heterocycles. The molecule has 2 bridgehead atoms. The maximum absolute atomic E-state index is 12.8. The molecule has 0 radical (unpaired) electrons. The van der Waals surface area contributed by atoms with E-state index in [0.717, 1.165) is 58.5 Å². The minimum Gasteiger partial charge on any atom is -0.301 e. The largest absolute Gasteiger partial charge is 0.301 e. The van der Waals surface area contributed by atoms with Gasteiger partial charge in [0.05, 0.1) is 23.7 Å². The Kier molecular flexibility index (Phi) is 6.55. The zero-order valence-corrected chi connectivity index (χ0v) is 21.4. The van der Waals surface area contributed by atoms with Gasteiger partial charge in [0.25, 0.3) is 0 Å². The van der Waals surface area contributed by atoms with Crippen LogP contribution in [0, 0.1) is 35.5 Å². The SMILES string of the molecule is O=C1C2CC=C(Cl)CC2C(=O)N1CCCN1CCN(CCCN2C(=O)C3C4C=CC(C4)C3C2=O)CC1. The molecule has 9 heteroatoms. The lowest BCUT2D eigenvalue weighted by Crippen LogP contribution is -2.47. The van der Waals surface area contributed by atoms with E-state index >= 15 is 0 Å². The lowest BCUT2D eigenvalue weighted by atomic mass is 9.85. The van der Waals surface area contributed by atoms with Gasteiger partial charge in [-0.1, -0.05) is 29.8 Å². The fourth-order valence-electron chi connectivity index (χ4n) is 7.44. The van der Waals surface area contributed by atoms with Crippen LogP contribution in [0.4, 0.5) is 0 Å². The number of carbonyl (C=O) groups excluding carboxylic acids is 4. The van der Waals surface area contributed by atoms with Crippen LogP contribution in [0.1, 0.15) is 32.1 Å². The van der Waals surface area contributed by atoms with Crippen molar-refractivity contribution in [3.63, 3.8) is 0 Å². The molecular weight excluding hydrogens is 480 g/mol. The lowest BCUT2D eigenvalue weighted by Gasteiger charge is -2.35. The summed E-state index contributed by atoms with van der Waals surface area (Å²) in [6.07, 6.45) is 9.81. The Bertz CT molecular complexity index is 989. The molecule has 0 aromatic heterocycles. The zero-order chi connectivity index (χ0) is 25.0. The van der Waals surface area contributed by atoms with Crippen molar-refractivity contribution in [1.29, 1.82) is 0 Å². The smallest absolute Gasteiger partial charge is 0.233 e. The van der Waals surface area contributed by atoms with E-state index in [1.807, 2.05) is 6.08 Å². The Morgan fingerprint density at radius 2 is 1.19 bits per heavy atom. The quantitative estimate of drug-likeness (QED) is 0.362. The summed E-state index contributed by atoms with van der Waals surface area (Å²) in [5, 5.41) is 0.697. The Labute approximate surface area is 217 Å². The highest BCUT2D eigenvalue weighted by Crippen LogP contribution is 2.52. The van der Waals surface area contributed by atoms with Crippen molar-refractivity contribution in [2.45, 2.75) is 32.1 Å². The van der Waals surface area contributed by atoms with Gasteiger partial charge in [0.2, 0.25) is 23.6 Å². The van der Waals surface area contributed by atoms with Crippen LogP contribution in [-0.2, 0) is 19.2 Å². The number of piperazine rings is 1. The number of fused-ring (bicyclic) bond motifs is 6. The number of hydrogen-bond acceptors (Lipinski definition) is 6. The number of imide groups is 2. The predicted molar refractivity (Wildman–Crippen MR) is 133 cm³/mol. The fourth-order valence-corrected chi connectivity index (χ4v) is 7.70. The van der Waals surface area contributed by atoms with Crippen LogP contribution in [0.5, 0.6) is 0 Å². The molecule has 3 saturated heterocycles. The maximum Gasteiger partial charge on any atom is 0.233 e. The molecule has 0 N–H and O–H groups in total. The number of nitrogens with zero attached hydrogens (tertiary/aromatic N) is 4. The van der Waals surface area contributed by atoms with Crippen molar-refractivity contribution < 1.29 is 19.2 Å². The van der Waals surface area contributed by atoms with Gasteiger partial charge < -0.3 is 9.80 Å². The summed E-state index contributed by atoms with van der Waals surface area (Å²) in [4.78, 5) is 58.8. The van der Waals surface area contributed by atoms with Crippen molar-refractivity contribution in [3.8, 4) is 0 Å². The van der Waals surface area contributed by atoms with Crippen molar-refractivity contribution in [2.75, 3.05) is 52.4 Å². The first kappa shape index (κ1) is 24.3. The molecule has 3 aliphatic heterocycles. The summed E-state index contributed by atoms with van der Waals surface area (Å²) in [7, 11) is 0. The number of rotatable bonds is 8. The van der Waals surface area contributed by atoms with Gasteiger partial charge in [0.15, 0.2) is 0 Å². The predicted octanol–water partition coefficient (Wildman–Crippen LogP) is 1.71. The van der Waals surface area contributed by atoms with Crippen LogP contribution < -0.4 is 0 Å². The molecule has 8 nitrogen and oxygen atoms in total. The van der Waals surface area contributed by atoms with Gasteiger partial charge in [-0.2, -0.15) is 0 Å². The first-order valence-corrected chi connectivity index (χ1v) is 14.0. The summed E-state index contributed by atoms with van der Waals surface area (Å²) < 4.78 is 0. The number of likely N-dealkylation sites (tertiary alicyclic amines) is 2. The summed E-state index contributed by atoms with van der Waals surface area (Å²) in [5.74, 6) is -0.104. The second-order valence-electron chi connectivity index (χ2n) is 11.4. The van der Waals surface area contributed by atoms with E-state index in [9.17, 15) is 19.2 Å². The van der Waals surface area contributed by atoms with E-state index < -0.39 is 0 Å². The number of carbonyl (C=O) groups is 4. The summed E-state index contributed by atoms with van der Waals surface area (Å²) in [6, 6.07) is 0. The highest BCUT2D eigenvalue weighted by Gasteiger charge is 2.59. The van der Waals surface area contributed by atoms with Gasteiger partial charge in [-0.05, 0) is 57.0 Å². The molecule has 6 atom stereocenters. The molecule has 1 saturated carbocycles. The van der Waals surface area contributed by atoms with Crippen LogP contribution in [0.3, 0.4) is 0 Å². The number of amides is 4. The first-order chi connectivity index (χ1) is 17.4. The third-order valence-electron chi connectivity index (χ3n) is 9.40. The molecule has 4 amide bonds. The van der Waals surface area contributed by atoms with Gasteiger partial charge >= 0.3 is 0 Å². The molecule has 3 aliphatic carbocycles. The van der Waals surface area contributed by atoms with E-state index in [4.69, 9.17) is 11.6 Å². The summed E-state index contributed by atoms with van der Waals surface area (Å²) in [6.45, 7) is 6.59. The zero-order valence-electron chi connectivity index (χ0n) is 20.7. The average molecular weight is 515 g/mol. The van der Waals surface area contributed by atoms with E-state index in [-0.39, 0.29) is 59.1 Å². The first-order valence-electron chi connectivity index (χ1n) is 13.6. The Morgan fingerprint density at radius 3 is 1.75 bits per heavy atom. The molecule has 0 aromatic carbocycles. The van der Waals surface area contributed by atoms with Gasteiger partial charge in [-0.25, -0.2) is 0 Å². The van der Waals surface area contributed by atoms with Gasteiger partial charge in [0, 0.05) is 44.3 Å². The molecule has 0 spiro atoms. The van der Waals surface area contributed by atoms with Gasteiger partial charge in [0.1, 0.15) is 0 Å². The number of hydrogen-bond donors (Lipinski definition) is 0. The van der Waals surface area contributed by atoms with Crippen molar-refractivity contribution >= 4 is 35.2 Å². The van der Waals surface area contributed by atoms with E-state index in [2.05, 4.69) is 22.0 Å². The third-order valence-corrected chi connectivity index (χ3v) is 9.71. The van der Waals surface area contributed by atoms with Gasteiger partial charge in [-0.3, -0.25) is 29.0 Å². The molecule has 6 aliphatic rings. The molecule has 6 unspecified atom stereocenters. The van der Waals surface area contributed by atoms with Crippen LogP contribution in [0.2, 0.25) is 0 Å². The highest BCUT2D eigenvalue weighted by atomic mass is 35.5. The third kappa shape index (κ3) is 4.15. The summed E-state index contributed by atoms with van der Waals surface area (Å²) >= 11 is 6.11. The van der Waals surface area contributed by atoms with Crippen LogP contribution in [0.25, 0.3) is 0 Å². The van der Waals surface area contributed by atoms with Crippen LogP contribution in [-0.4, -0.2) is 95.6 Å². The van der Waals surface area contributed by atoms with Gasteiger partial charge in [-0.15, -0.1) is 0 Å². The monoisotopic (exact) mass is 514 g/mol. The normalized spacial score (nSPS) is 36.3. The molecule has 6 rings (SSSR count). The topological polar surface area (TPSA) is 81.2 Å². The van der Waals surface area contributed by atoms with Crippen molar-refractivity contribution in [1.82, 2.24) is 19.6 Å². The molecule has 194 valence electrons. The average Bonchev–Trinajstić information content (AvgIpc) is 3.61. The van der Waals surface area contributed by atoms with Crippen LogP contribution in [0.15, 0.2) is 23.3 Å². The molecular formula is C27H35ClN4O4. The second kappa shape index (κ2) is 9.69. The van der Waals surface area contributed by atoms with Crippen LogP contribution >= 0.6 is 11.6 Å². The number of halogens is 1. The minimum atomic E-state index is -0.268. The Balaban J connectivity index is 0.890. The lowest BCUT2D eigenvalue weighted by molar-refractivity contribution is -0.142. The second-order valence-corrected chi connectivity index (χ2v) is 11.8.